The molecule has 0 bridgehead atoms. The van der Waals surface area contributed by atoms with Gasteiger partial charge in [0.1, 0.15) is 5.75 Å². The van der Waals surface area contributed by atoms with Crippen molar-refractivity contribution >= 4 is 0 Å². The molecule has 4 heteroatoms. The maximum Gasteiger partial charge on any atom is 0.118 e. The molecule has 19 heavy (non-hydrogen) atoms. The first kappa shape index (κ1) is 14.3. The minimum Gasteiger partial charge on any atom is -0.497 e. The Morgan fingerprint density at radius 1 is 1.37 bits per heavy atom. The second-order valence-electron chi connectivity index (χ2n) is 5.60. The molecule has 1 heterocycles. The quantitative estimate of drug-likeness (QED) is 0.901. The van der Waals surface area contributed by atoms with Gasteiger partial charge in [0.2, 0.25) is 0 Å². The summed E-state index contributed by atoms with van der Waals surface area (Å²) in [6.07, 6.45) is 0. The molecule has 1 aromatic carbocycles. The van der Waals surface area contributed by atoms with Crippen molar-refractivity contribution in [2.24, 2.45) is 5.73 Å². The number of methoxy groups -OCH3 is 1. The highest BCUT2D eigenvalue weighted by molar-refractivity contribution is 5.29. The van der Waals surface area contributed by atoms with Crippen LogP contribution in [0, 0.1) is 0 Å². The Hall–Kier alpha value is -1.10. The van der Waals surface area contributed by atoms with E-state index in [-0.39, 0.29) is 11.6 Å². The molecule has 106 valence electrons. The Bertz CT molecular complexity index is 403. The van der Waals surface area contributed by atoms with Gasteiger partial charge in [0.15, 0.2) is 0 Å². The molecular formula is C15H24N2O2. The van der Waals surface area contributed by atoms with Crippen molar-refractivity contribution in [2.75, 3.05) is 33.4 Å². The summed E-state index contributed by atoms with van der Waals surface area (Å²) in [6, 6.07) is 8.42. The number of ether oxygens (including phenoxy) is 2. The Balaban J connectivity index is 2.14. The maximum absolute atomic E-state index is 5.98. The SMILES string of the molecule is COc1ccc(C(CN)N2CCOC(C)(C)C2)cc1. The third-order valence-electron chi connectivity index (χ3n) is 3.62. The van der Waals surface area contributed by atoms with Crippen LogP contribution in [0.25, 0.3) is 0 Å². The van der Waals surface area contributed by atoms with Crippen molar-refractivity contribution in [3.05, 3.63) is 29.8 Å². The van der Waals surface area contributed by atoms with Gasteiger partial charge in [0.05, 0.1) is 19.3 Å². The Morgan fingerprint density at radius 3 is 2.58 bits per heavy atom. The van der Waals surface area contributed by atoms with Crippen molar-refractivity contribution in [3.63, 3.8) is 0 Å². The number of rotatable bonds is 4. The number of nitrogens with two attached hydrogens (primary N) is 1. The van der Waals surface area contributed by atoms with Crippen LogP contribution in [-0.4, -0.2) is 43.9 Å². The van der Waals surface area contributed by atoms with Gasteiger partial charge >= 0.3 is 0 Å². The van der Waals surface area contributed by atoms with Gasteiger partial charge in [-0.3, -0.25) is 4.90 Å². The predicted molar refractivity (Wildman–Crippen MR) is 76.4 cm³/mol. The summed E-state index contributed by atoms with van der Waals surface area (Å²) in [5.74, 6) is 0.877. The summed E-state index contributed by atoms with van der Waals surface area (Å²) in [5, 5.41) is 0. The average molecular weight is 264 g/mol. The first-order chi connectivity index (χ1) is 9.05. The average Bonchev–Trinajstić information content (AvgIpc) is 2.39. The van der Waals surface area contributed by atoms with Gasteiger partial charge in [0.25, 0.3) is 0 Å². The summed E-state index contributed by atoms with van der Waals surface area (Å²) >= 11 is 0. The zero-order chi connectivity index (χ0) is 13.9. The fourth-order valence-electron chi connectivity index (χ4n) is 2.64. The van der Waals surface area contributed by atoms with E-state index in [4.69, 9.17) is 15.2 Å². The number of hydrogen-bond acceptors (Lipinski definition) is 4. The lowest BCUT2D eigenvalue weighted by Gasteiger charge is -2.42. The van der Waals surface area contributed by atoms with Gasteiger partial charge in [-0.05, 0) is 31.5 Å². The van der Waals surface area contributed by atoms with E-state index in [2.05, 4.69) is 30.9 Å². The minimum absolute atomic E-state index is 0.0991. The summed E-state index contributed by atoms with van der Waals surface area (Å²) in [5.41, 5.74) is 7.12. The number of benzene rings is 1. The van der Waals surface area contributed by atoms with Gasteiger partial charge in [-0.15, -0.1) is 0 Å². The minimum atomic E-state index is -0.0991. The highest BCUT2D eigenvalue weighted by atomic mass is 16.5. The molecule has 1 atom stereocenters. The van der Waals surface area contributed by atoms with Crippen LogP contribution in [0.1, 0.15) is 25.5 Å². The first-order valence-electron chi connectivity index (χ1n) is 6.78. The molecule has 0 spiro atoms. The van der Waals surface area contributed by atoms with E-state index >= 15 is 0 Å². The van der Waals surface area contributed by atoms with E-state index in [0.717, 1.165) is 25.4 Å². The lowest BCUT2D eigenvalue weighted by molar-refractivity contribution is -0.0967. The monoisotopic (exact) mass is 264 g/mol. The zero-order valence-corrected chi connectivity index (χ0v) is 12.1. The molecule has 4 nitrogen and oxygen atoms in total. The van der Waals surface area contributed by atoms with E-state index in [9.17, 15) is 0 Å². The van der Waals surface area contributed by atoms with Gasteiger partial charge < -0.3 is 15.2 Å². The molecule has 0 amide bonds. The standard InChI is InChI=1S/C15H24N2O2/c1-15(2)11-17(8-9-19-15)14(10-16)12-4-6-13(18-3)7-5-12/h4-7,14H,8-11,16H2,1-3H3. The Kier molecular flexibility index (Phi) is 4.45. The fraction of sp³-hybridized carbons (Fsp3) is 0.600. The van der Waals surface area contributed by atoms with Crippen LogP contribution in [-0.2, 0) is 4.74 Å². The van der Waals surface area contributed by atoms with Crippen molar-refractivity contribution in [1.29, 1.82) is 0 Å². The Labute approximate surface area is 115 Å². The molecule has 1 saturated heterocycles. The molecule has 1 aromatic rings. The third kappa shape index (κ3) is 3.47. The van der Waals surface area contributed by atoms with E-state index < -0.39 is 0 Å². The lowest BCUT2D eigenvalue weighted by atomic mass is 10.0. The summed E-state index contributed by atoms with van der Waals surface area (Å²) < 4.78 is 11.0. The van der Waals surface area contributed by atoms with Gasteiger partial charge in [0, 0.05) is 25.7 Å². The Morgan fingerprint density at radius 2 is 2.05 bits per heavy atom. The van der Waals surface area contributed by atoms with Crippen LogP contribution >= 0.6 is 0 Å². The number of hydrogen-bond donors (Lipinski definition) is 1. The lowest BCUT2D eigenvalue weighted by Crippen LogP contribution is -2.50. The molecule has 0 saturated carbocycles. The normalized spacial score (nSPS) is 21.1. The van der Waals surface area contributed by atoms with Crippen LogP contribution < -0.4 is 10.5 Å². The molecular weight excluding hydrogens is 240 g/mol. The predicted octanol–water partition coefficient (Wildman–Crippen LogP) is 1.81. The maximum atomic E-state index is 5.98. The highest BCUT2D eigenvalue weighted by Gasteiger charge is 2.31. The molecule has 0 aromatic heterocycles. The van der Waals surface area contributed by atoms with Crippen molar-refractivity contribution in [2.45, 2.75) is 25.5 Å². The topological polar surface area (TPSA) is 47.7 Å². The number of nitrogens with zero attached hydrogens (tertiary/aromatic N) is 1. The number of morpholine rings is 1. The van der Waals surface area contributed by atoms with Gasteiger partial charge in [-0.2, -0.15) is 0 Å². The summed E-state index contributed by atoms with van der Waals surface area (Å²) in [6.45, 7) is 7.46. The smallest absolute Gasteiger partial charge is 0.118 e. The second kappa shape index (κ2) is 5.90. The van der Waals surface area contributed by atoms with E-state index in [1.165, 1.54) is 5.56 Å². The van der Waals surface area contributed by atoms with Gasteiger partial charge in [-0.25, -0.2) is 0 Å². The molecule has 1 aliphatic rings. The molecule has 1 aliphatic heterocycles. The zero-order valence-electron chi connectivity index (χ0n) is 12.1. The van der Waals surface area contributed by atoms with E-state index in [0.29, 0.717) is 6.54 Å². The van der Waals surface area contributed by atoms with Crippen LogP contribution in [0.4, 0.5) is 0 Å². The third-order valence-corrected chi connectivity index (χ3v) is 3.62. The molecule has 1 fully saturated rings. The van der Waals surface area contributed by atoms with Crippen molar-refractivity contribution in [3.8, 4) is 5.75 Å². The molecule has 0 aliphatic carbocycles. The van der Waals surface area contributed by atoms with Crippen molar-refractivity contribution < 1.29 is 9.47 Å². The van der Waals surface area contributed by atoms with Crippen LogP contribution in [0.2, 0.25) is 0 Å². The van der Waals surface area contributed by atoms with Crippen molar-refractivity contribution in [1.82, 2.24) is 4.90 Å². The summed E-state index contributed by atoms with van der Waals surface area (Å²) in [7, 11) is 1.68. The second-order valence-corrected chi connectivity index (χ2v) is 5.60. The molecule has 2 rings (SSSR count). The van der Waals surface area contributed by atoms with Crippen LogP contribution in [0.3, 0.4) is 0 Å². The molecule has 2 N–H and O–H groups in total. The fourth-order valence-corrected chi connectivity index (χ4v) is 2.64. The highest BCUT2D eigenvalue weighted by Crippen LogP contribution is 2.27. The van der Waals surface area contributed by atoms with Crippen LogP contribution in [0.15, 0.2) is 24.3 Å². The molecule has 0 radical (unpaired) electrons. The van der Waals surface area contributed by atoms with E-state index in [1.54, 1.807) is 7.11 Å². The first-order valence-corrected chi connectivity index (χ1v) is 6.78. The van der Waals surface area contributed by atoms with E-state index in [1.807, 2.05) is 12.1 Å². The summed E-state index contributed by atoms with van der Waals surface area (Å²) in [4.78, 5) is 2.41. The van der Waals surface area contributed by atoms with Crippen LogP contribution in [0.5, 0.6) is 5.75 Å². The largest absolute Gasteiger partial charge is 0.497 e. The molecule has 1 unspecified atom stereocenters. The van der Waals surface area contributed by atoms with Gasteiger partial charge in [-0.1, -0.05) is 12.1 Å².